The molecule has 0 aromatic heterocycles. The van der Waals surface area contributed by atoms with Crippen LogP contribution < -0.4 is 4.90 Å². The summed E-state index contributed by atoms with van der Waals surface area (Å²) in [6, 6.07) is 9.34. The van der Waals surface area contributed by atoms with E-state index in [9.17, 15) is 0 Å². The van der Waals surface area contributed by atoms with Gasteiger partial charge in [-0.2, -0.15) is 0 Å². The summed E-state index contributed by atoms with van der Waals surface area (Å²) >= 11 is 0. The van der Waals surface area contributed by atoms with Gasteiger partial charge in [-0.1, -0.05) is 18.2 Å². The van der Waals surface area contributed by atoms with Crippen LogP contribution in [0.25, 0.3) is 0 Å². The van der Waals surface area contributed by atoms with E-state index in [4.69, 9.17) is 4.74 Å². The van der Waals surface area contributed by atoms with Gasteiger partial charge in [0.2, 0.25) is 0 Å². The molecule has 0 bridgehead atoms. The fourth-order valence-electron chi connectivity index (χ4n) is 5.80. The minimum atomic E-state index is 0. The molecule has 5 rings (SSSR count). The van der Waals surface area contributed by atoms with E-state index in [0.29, 0.717) is 0 Å². The lowest BCUT2D eigenvalue weighted by atomic mass is 9.76. The van der Waals surface area contributed by atoms with Crippen molar-refractivity contribution in [3.05, 3.63) is 29.8 Å². The van der Waals surface area contributed by atoms with Gasteiger partial charge in [0.15, 0.2) is 0 Å². The number of anilines is 1. The van der Waals surface area contributed by atoms with Crippen LogP contribution in [-0.2, 0) is 4.74 Å². The van der Waals surface area contributed by atoms with Crippen LogP contribution in [0.5, 0.6) is 0 Å². The Morgan fingerprint density at radius 3 is 2.21 bits per heavy atom. The monoisotopic (exact) mass is 404 g/mol. The zero-order chi connectivity index (χ0) is 18.1. The highest BCUT2D eigenvalue weighted by Crippen LogP contribution is 2.59. The average Bonchev–Trinajstić information content (AvgIpc) is 3.49. The summed E-state index contributed by atoms with van der Waals surface area (Å²) < 4.78 is 5.52. The van der Waals surface area contributed by atoms with Gasteiger partial charge in [-0.3, -0.25) is 4.90 Å². The van der Waals surface area contributed by atoms with Crippen molar-refractivity contribution in [2.45, 2.75) is 57.3 Å². The molecule has 0 unspecified atom stereocenters. The Morgan fingerprint density at radius 1 is 0.857 bits per heavy atom. The number of ether oxygens (including phenoxy) is 1. The third kappa shape index (κ3) is 4.52. The predicted octanol–water partition coefficient (Wildman–Crippen LogP) is 5.09. The van der Waals surface area contributed by atoms with E-state index in [-0.39, 0.29) is 12.4 Å². The molecule has 4 aliphatic rings. The standard InChI is InChI=1S/C24H36N2O.ClH/c1-2-4-23(22(3-1)21-5-9-24(10-6-21)11-12-24)26-15-13-25(14-16-26)19-20-7-17-27-18-8-20;/h1-4,20-21H,5-19H2;1H. The van der Waals surface area contributed by atoms with Crippen LogP contribution >= 0.6 is 12.4 Å². The van der Waals surface area contributed by atoms with Gasteiger partial charge in [0.1, 0.15) is 0 Å². The first kappa shape index (κ1) is 20.5. The molecule has 28 heavy (non-hydrogen) atoms. The number of piperazine rings is 1. The molecule has 0 amide bonds. The van der Waals surface area contributed by atoms with Crippen LogP contribution in [0.3, 0.4) is 0 Å². The molecule has 2 saturated heterocycles. The van der Waals surface area contributed by atoms with Gasteiger partial charge < -0.3 is 9.64 Å². The number of halogens is 1. The molecular formula is C24H37ClN2O. The van der Waals surface area contributed by atoms with Gasteiger partial charge in [-0.25, -0.2) is 0 Å². The Balaban J connectivity index is 0.00000192. The largest absolute Gasteiger partial charge is 0.381 e. The van der Waals surface area contributed by atoms with Gasteiger partial charge in [0, 0.05) is 51.6 Å². The van der Waals surface area contributed by atoms with Crippen LogP contribution in [0.2, 0.25) is 0 Å². The zero-order valence-corrected chi connectivity index (χ0v) is 18.1. The molecule has 0 radical (unpaired) electrons. The number of rotatable bonds is 4. The predicted molar refractivity (Wildman–Crippen MR) is 119 cm³/mol. The second-order valence-corrected chi connectivity index (χ2v) is 9.68. The fraction of sp³-hybridized carbons (Fsp3) is 0.750. The van der Waals surface area contributed by atoms with Gasteiger partial charge in [-0.05, 0) is 80.2 Å². The number of hydrogen-bond acceptors (Lipinski definition) is 3. The minimum Gasteiger partial charge on any atom is -0.381 e. The third-order valence-electron chi connectivity index (χ3n) is 7.95. The summed E-state index contributed by atoms with van der Waals surface area (Å²) in [6.07, 6.45) is 11.3. The van der Waals surface area contributed by atoms with Crippen LogP contribution in [0, 0.1) is 11.3 Å². The van der Waals surface area contributed by atoms with E-state index in [1.54, 1.807) is 11.3 Å². The molecule has 0 N–H and O–H groups in total. The average molecular weight is 405 g/mol. The van der Waals surface area contributed by atoms with Crippen molar-refractivity contribution < 1.29 is 4.74 Å². The fourth-order valence-corrected chi connectivity index (χ4v) is 5.80. The Hall–Kier alpha value is -0.770. The van der Waals surface area contributed by atoms with E-state index in [1.807, 2.05) is 0 Å². The third-order valence-corrected chi connectivity index (χ3v) is 7.95. The van der Waals surface area contributed by atoms with E-state index < -0.39 is 0 Å². The molecule has 2 saturated carbocycles. The molecule has 4 fully saturated rings. The van der Waals surface area contributed by atoms with Crippen LogP contribution in [0.15, 0.2) is 24.3 Å². The van der Waals surface area contributed by atoms with Gasteiger partial charge in [0.25, 0.3) is 0 Å². The lowest BCUT2D eigenvalue weighted by molar-refractivity contribution is 0.0517. The van der Waals surface area contributed by atoms with E-state index in [1.165, 1.54) is 84.1 Å². The van der Waals surface area contributed by atoms with Crippen molar-refractivity contribution in [1.82, 2.24) is 4.90 Å². The van der Waals surface area contributed by atoms with Crippen LogP contribution in [0.4, 0.5) is 5.69 Å². The Labute approximate surface area is 177 Å². The molecule has 1 spiro atoms. The number of para-hydroxylation sites is 1. The highest BCUT2D eigenvalue weighted by Gasteiger charge is 2.45. The van der Waals surface area contributed by atoms with Crippen molar-refractivity contribution in [3.8, 4) is 0 Å². The number of benzene rings is 1. The smallest absolute Gasteiger partial charge is 0.0469 e. The molecule has 1 aromatic carbocycles. The summed E-state index contributed by atoms with van der Waals surface area (Å²) in [5, 5.41) is 0. The maximum atomic E-state index is 5.52. The van der Waals surface area contributed by atoms with Gasteiger partial charge in [-0.15, -0.1) is 12.4 Å². The van der Waals surface area contributed by atoms with E-state index >= 15 is 0 Å². The van der Waals surface area contributed by atoms with Crippen molar-refractivity contribution in [2.75, 3.05) is 50.8 Å². The first-order valence-electron chi connectivity index (χ1n) is 11.5. The second kappa shape index (κ2) is 8.93. The van der Waals surface area contributed by atoms with Crippen molar-refractivity contribution >= 4 is 18.1 Å². The molecule has 0 atom stereocenters. The number of hydrogen-bond donors (Lipinski definition) is 0. The highest BCUT2D eigenvalue weighted by atomic mass is 35.5. The van der Waals surface area contributed by atoms with Gasteiger partial charge in [0.05, 0.1) is 0 Å². The van der Waals surface area contributed by atoms with Crippen LogP contribution in [0.1, 0.15) is 62.8 Å². The Bertz CT molecular complexity index is 623. The van der Waals surface area contributed by atoms with E-state index in [0.717, 1.165) is 30.5 Å². The van der Waals surface area contributed by atoms with E-state index in [2.05, 4.69) is 34.1 Å². The van der Waals surface area contributed by atoms with Crippen molar-refractivity contribution in [1.29, 1.82) is 0 Å². The van der Waals surface area contributed by atoms with Crippen molar-refractivity contribution in [2.24, 2.45) is 11.3 Å². The number of nitrogens with zero attached hydrogens (tertiary/aromatic N) is 2. The first-order valence-corrected chi connectivity index (χ1v) is 11.5. The van der Waals surface area contributed by atoms with Crippen molar-refractivity contribution in [3.63, 3.8) is 0 Å². The molecular weight excluding hydrogens is 368 g/mol. The lowest BCUT2D eigenvalue weighted by Crippen LogP contribution is -2.48. The first-order chi connectivity index (χ1) is 13.3. The molecule has 156 valence electrons. The molecule has 2 heterocycles. The zero-order valence-electron chi connectivity index (χ0n) is 17.3. The topological polar surface area (TPSA) is 15.7 Å². The normalized spacial score (nSPS) is 26.2. The Morgan fingerprint density at radius 2 is 1.54 bits per heavy atom. The molecule has 4 heteroatoms. The lowest BCUT2D eigenvalue weighted by Gasteiger charge is -2.40. The molecule has 1 aromatic rings. The summed E-state index contributed by atoms with van der Waals surface area (Å²) in [5.74, 6) is 1.65. The van der Waals surface area contributed by atoms with Crippen LogP contribution in [-0.4, -0.2) is 50.8 Å². The second-order valence-electron chi connectivity index (χ2n) is 9.68. The highest BCUT2D eigenvalue weighted by molar-refractivity contribution is 5.85. The maximum absolute atomic E-state index is 5.52. The van der Waals surface area contributed by atoms with Gasteiger partial charge >= 0.3 is 0 Å². The quantitative estimate of drug-likeness (QED) is 0.694. The Kier molecular flexibility index (Phi) is 6.54. The maximum Gasteiger partial charge on any atom is 0.0469 e. The molecule has 2 aliphatic carbocycles. The summed E-state index contributed by atoms with van der Waals surface area (Å²) in [7, 11) is 0. The minimum absolute atomic E-state index is 0. The SMILES string of the molecule is Cl.c1ccc(N2CCN(CC3CCOCC3)CC2)c(C2CCC3(CC2)CC3)c1. The molecule has 3 nitrogen and oxygen atoms in total. The summed E-state index contributed by atoms with van der Waals surface area (Å²) in [4.78, 5) is 5.38. The molecule has 2 aliphatic heterocycles. The summed E-state index contributed by atoms with van der Waals surface area (Å²) in [6.45, 7) is 8.05. The summed E-state index contributed by atoms with van der Waals surface area (Å²) in [5.41, 5.74) is 3.98.